The highest BCUT2D eigenvalue weighted by Gasteiger charge is 2.39. The Bertz CT molecular complexity index is 1040. The summed E-state index contributed by atoms with van der Waals surface area (Å²) in [5, 5.41) is 9.51. The van der Waals surface area contributed by atoms with Crippen molar-refractivity contribution in [1.82, 2.24) is 20.9 Å². The first kappa shape index (κ1) is 20.8. The van der Waals surface area contributed by atoms with Gasteiger partial charge in [0.05, 0.1) is 0 Å². The molecule has 3 aliphatic heterocycles. The minimum Gasteiger partial charge on any atom is -0.322 e. The third kappa shape index (κ3) is 4.18. The molecule has 7 heteroatoms. The zero-order valence-electron chi connectivity index (χ0n) is 18.0. The Morgan fingerprint density at radius 2 is 1.84 bits per heavy atom. The topological polar surface area (TPSA) is 90.5 Å². The standard InChI is InChI=1S/C25H28N4O3/c30-23-9-8-22(24(31)28-23)29-15-18-7-6-17(11-20(18)25(29)32)12-27-21-14-26-13-19(21)10-16-4-2-1-3-5-16/h1-7,11,19,21-22,26-27H,8-10,12-15H2,(H,28,30,31)/t19-,21+,22?/m0/s1. The summed E-state index contributed by atoms with van der Waals surface area (Å²) in [6, 6.07) is 16.4. The predicted molar refractivity (Wildman–Crippen MR) is 120 cm³/mol. The quantitative estimate of drug-likeness (QED) is 0.600. The first-order valence-electron chi connectivity index (χ1n) is 11.3. The van der Waals surface area contributed by atoms with E-state index < -0.39 is 6.04 Å². The van der Waals surface area contributed by atoms with Crippen LogP contribution in [0.4, 0.5) is 0 Å². The molecule has 0 aliphatic carbocycles. The smallest absolute Gasteiger partial charge is 0.255 e. The molecule has 0 radical (unpaired) electrons. The van der Waals surface area contributed by atoms with Crippen molar-refractivity contribution in [3.63, 3.8) is 0 Å². The molecule has 1 unspecified atom stereocenters. The molecule has 0 bridgehead atoms. The molecule has 0 spiro atoms. The van der Waals surface area contributed by atoms with Crippen molar-refractivity contribution in [2.45, 2.75) is 44.4 Å². The molecular formula is C25H28N4O3. The highest BCUT2D eigenvalue weighted by molar-refractivity contribution is 6.05. The molecule has 32 heavy (non-hydrogen) atoms. The van der Waals surface area contributed by atoms with E-state index in [0.717, 1.165) is 30.6 Å². The van der Waals surface area contributed by atoms with Crippen molar-refractivity contribution in [1.29, 1.82) is 0 Å². The van der Waals surface area contributed by atoms with Crippen LogP contribution < -0.4 is 16.0 Å². The summed E-state index contributed by atoms with van der Waals surface area (Å²) in [6.07, 6.45) is 1.69. The van der Waals surface area contributed by atoms with E-state index in [0.29, 0.717) is 37.0 Å². The van der Waals surface area contributed by atoms with Gasteiger partial charge in [-0.15, -0.1) is 0 Å². The Labute approximate surface area is 187 Å². The Hall–Kier alpha value is -3.03. The fourth-order valence-corrected chi connectivity index (χ4v) is 5.06. The van der Waals surface area contributed by atoms with E-state index in [1.165, 1.54) is 5.56 Å². The summed E-state index contributed by atoms with van der Waals surface area (Å²) in [6.45, 7) is 3.04. The normalized spacial score (nSPS) is 25.2. The number of amides is 3. The van der Waals surface area contributed by atoms with Crippen LogP contribution in [0.2, 0.25) is 0 Å². The molecule has 7 nitrogen and oxygen atoms in total. The van der Waals surface area contributed by atoms with Crippen molar-refractivity contribution in [3.8, 4) is 0 Å². The number of hydrogen-bond acceptors (Lipinski definition) is 5. The number of carbonyl (C=O) groups is 3. The number of nitrogens with zero attached hydrogens (tertiary/aromatic N) is 1. The van der Waals surface area contributed by atoms with Crippen LogP contribution in [0, 0.1) is 5.92 Å². The van der Waals surface area contributed by atoms with Gasteiger partial charge < -0.3 is 15.5 Å². The monoisotopic (exact) mass is 432 g/mol. The van der Waals surface area contributed by atoms with Crippen LogP contribution >= 0.6 is 0 Å². The first-order valence-corrected chi connectivity index (χ1v) is 11.3. The van der Waals surface area contributed by atoms with Gasteiger partial charge in [0.2, 0.25) is 11.8 Å². The molecule has 2 saturated heterocycles. The van der Waals surface area contributed by atoms with E-state index in [2.05, 4.69) is 46.3 Å². The molecular weight excluding hydrogens is 404 g/mol. The van der Waals surface area contributed by atoms with E-state index in [4.69, 9.17) is 0 Å². The van der Waals surface area contributed by atoms with Gasteiger partial charge in [0.15, 0.2) is 0 Å². The average molecular weight is 433 g/mol. The minimum atomic E-state index is -0.572. The maximum absolute atomic E-state index is 13.0. The molecule has 3 amide bonds. The van der Waals surface area contributed by atoms with Crippen molar-refractivity contribution in [3.05, 3.63) is 70.8 Å². The molecule has 2 aromatic carbocycles. The third-order valence-corrected chi connectivity index (χ3v) is 6.84. The number of carbonyl (C=O) groups excluding carboxylic acids is 3. The van der Waals surface area contributed by atoms with Crippen LogP contribution in [0.5, 0.6) is 0 Å². The number of piperidine rings is 1. The second-order valence-corrected chi connectivity index (χ2v) is 8.99. The second kappa shape index (κ2) is 8.84. The SMILES string of the molecule is O=C1CCC(N2Cc3ccc(CN[C@@H]4CNC[C@@H]4Cc4ccccc4)cc3C2=O)C(=O)N1. The average Bonchev–Trinajstić information content (AvgIpc) is 3.37. The zero-order chi connectivity index (χ0) is 22.1. The number of imide groups is 1. The second-order valence-electron chi connectivity index (χ2n) is 8.99. The number of nitrogens with one attached hydrogen (secondary N) is 3. The molecule has 3 heterocycles. The van der Waals surface area contributed by atoms with Crippen LogP contribution in [0.15, 0.2) is 48.5 Å². The van der Waals surface area contributed by atoms with E-state index in [9.17, 15) is 14.4 Å². The Kier molecular flexibility index (Phi) is 5.76. The maximum atomic E-state index is 13.0. The number of fused-ring (bicyclic) bond motifs is 1. The highest BCUT2D eigenvalue weighted by Crippen LogP contribution is 2.28. The Balaban J connectivity index is 1.22. The Morgan fingerprint density at radius 1 is 1.00 bits per heavy atom. The van der Waals surface area contributed by atoms with Crippen LogP contribution in [-0.4, -0.2) is 47.8 Å². The number of rotatable bonds is 6. The predicted octanol–water partition coefficient (Wildman–Crippen LogP) is 1.37. The van der Waals surface area contributed by atoms with Crippen molar-refractivity contribution >= 4 is 17.7 Å². The van der Waals surface area contributed by atoms with Gasteiger partial charge in [0, 0.05) is 37.7 Å². The number of benzene rings is 2. The molecule has 3 atom stereocenters. The van der Waals surface area contributed by atoms with Gasteiger partial charge in [-0.05, 0) is 48.1 Å². The highest BCUT2D eigenvalue weighted by atomic mass is 16.2. The molecule has 2 fully saturated rings. The lowest BCUT2D eigenvalue weighted by Crippen LogP contribution is -2.52. The maximum Gasteiger partial charge on any atom is 0.255 e. The summed E-state index contributed by atoms with van der Waals surface area (Å²) >= 11 is 0. The number of hydrogen-bond donors (Lipinski definition) is 3. The minimum absolute atomic E-state index is 0.124. The lowest BCUT2D eigenvalue weighted by Gasteiger charge is -2.29. The van der Waals surface area contributed by atoms with Gasteiger partial charge in [-0.1, -0.05) is 42.5 Å². The van der Waals surface area contributed by atoms with Gasteiger partial charge in [-0.3, -0.25) is 19.7 Å². The van der Waals surface area contributed by atoms with Gasteiger partial charge in [-0.2, -0.15) is 0 Å². The summed E-state index contributed by atoms with van der Waals surface area (Å²) in [5.41, 5.74) is 4.02. The van der Waals surface area contributed by atoms with Crippen LogP contribution in [0.25, 0.3) is 0 Å². The van der Waals surface area contributed by atoms with E-state index in [-0.39, 0.29) is 24.1 Å². The molecule has 5 rings (SSSR count). The first-order chi connectivity index (χ1) is 15.6. The van der Waals surface area contributed by atoms with Crippen molar-refractivity contribution in [2.75, 3.05) is 13.1 Å². The molecule has 0 aromatic heterocycles. The van der Waals surface area contributed by atoms with E-state index in [1.807, 2.05) is 18.2 Å². The van der Waals surface area contributed by atoms with Gasteiger partial charge in [-0.25, -0.2) is 0 Å². The zero-order valence-corrected chi connectivity index (χ0v) is 18.0. The molecule has 3 N–H and O–H groups in total. The summed E-state index contributed by atoms with van der Waals surface area (Å²) in [7, 11) is 0. The lowest BCUT2D eigenvalue weighted by atomic mass is 9.94. The molecule has 166 valence electrons. The largest absolute Gasteiger partial charge is 0.322 e. The van der Waals surface area contributed by atoms with Crippen LogP contribution in [-0.2, 0) is 29.1 Å². The Morgan fingerprint density at radius 3 is 2.66 bits per heavy atom. The summed E-state index contributed by atoms with van der Waals surface area (Å²) in [5.74, 6) is -0.240. The summed E-state index contributed by atoms with van der Waals surface area (Å²) in [4.78, 5) is 38.3. The fourth-order valence-electron chi connectivity index (χ4n) is 5.06. The fraction of sp³-hybridized carbons (Fsp3) is 0.400. The van der Waals surface area contributed by atoms with Crippen LogP contribution in [0.1, 0.15) is 39.9 Å². The summed E-state index contributed by atoms with van der Waals surface area (Å²) < 4.78 is 0. The van der Waals surface area contributed by atoms with E-state index in [1.54, 1.807) is 4.90 Å². The third-order valence-electron chi connectivity index (χ3n) is 6.84. The van der Waals surface area contributed by atoms with Crippen molar-refractivity contribution in [2.24, 2.45) is 5.92 Å². The molecule has 3 aliphatic rings. The van der Waals surface area contributed by atoms with Crippen molar-refractivity contribution < 1.29 is 14.4 Å². The lowest BCUT2D eigenvalue weighted by molar-refractivity contribution is -0.136. The van der Waals surface area contributed by atoms with Gasteiger partial charge in [0.25, 0.3) is 5.91 Å². The molecule has 2 aromatic rings. The van der Waals surface area contributed by atoms with Gasteiger partial charge in [0.1, 0.15) is 6.04 Å². The van der Waals surface area contributed by atoms with E-state index >= 15 is 0 Å². The van der Waals surface area contributed by atoms with Crippen LogP contribution in [0.3, 0.4) is 0 Å². The molecule has 0 saturated carbocycles. The van der Waals surface area contributed by atoms with Gasteiger partial charge >= 0.3 is 0 Å².